The van der Waals surface area contributed by atoms with Crippen LogP contribution in [0.4, 0.5) is 0 Å². The summed E-state index contributed by atoms with van der Waals surface area (Å²) in [6.45, 7) is 5.49. The highest BCUT2D eigenvalue weighted by Crippen LogP contribution is 2.24. The lowest BCUT2D eigenvalue weighted by molar-refractivity contribution is -0.139. The molecule has 2 aliphatic rings. The van der Waals surface area contributed by atoms with E-state index in [0.29, 0.717) is 37.1 Å². The van der Waals surface area contributed by atoms with Crippen LogP contribution in [0.25, 0.3) is 0 Å². The largest absolute Gasteiger partial charge is 0.449 e. The molecule has 122 valence electrons. The van der Waals surface area contributed by atoms with E-state index in [2.05, 4.69) is 4.98 Å². The van der Waals surface area contributed by atoms with Crippen LogP contribution >= 0.6 is 0 Å². The van der Waals surface area contributed by atoms with E-state index in [9.17, 15) is 9.59 Å². The van der Waals surface area contributed by atoms with E-state index < -0.39 is 0 Å². The SMILES string of the molecule is Cc1ccc(OC2=CC(=O)N(CC3CCOCC3)C2=O)c(C)n1. The maximum Gasteiger partial charge on any atom is 0.296 e. The van der Waals surface area contributed by atoms with Crippen LogP contribution < -0.4 is 4.74 Å². The van der Waals surface area contributed by atoms with Crippen molar-refractivity contribution in [1.82, 2.24) is 9.88 Å². The Morgan fingerprint density at radius 2 is 2.00 bits per heavy atom. The fourth-order valence-electron chi connectivity index (χ4n) is 2.82. The number of pyridine rings is 1. The van der Waals surface area contributed by atoms with Crippen LogP contribution in [-0.4, -0.2) is 41.5 Å². The van der Waals surface area contributed by atoms with Crippen molar-refractivity contribution in [3.05, 3.63) is 35.4 Å². The van der Waals surface area contributed by atoms with Gasteiger partial charge in [-0.25, -0.2) is 0 Å². The molecule has 3 heterocycles. The van der Waals surface area contributed by atoms with Crippen molar-refractivity contribution in [2.24, 2.45) is 5.92 Å². The second kappa shape index (κ2) is 6.50. The zero-order valence-corrected chi connectivity index (χ0v) is 13.4. The first kappa shape index (κ1) is 15.7. The number of aryl methyl sites for hydroxylation is 2. The number of carbonyl (C=O) groups excluding carboxylic acids is 2. The average molecular weight is 316 g/mol. The molecule has 0 spiro atoms. The number of nitrogens with zero attached hydrogens (tertiary/aromatic N) is 2. The van der Waals surface area contributed by atoms with Crippen molar-refractivity contribution >= 4 is 11.8 Å². The maximum absolute atomic E-state index is 12.4. The van der Waals surface area contributed by atoms with E-state index in [0.717, 1.165) is 18.5 Å². The van der Waals surface area contributed by atoms with Crippen molar-refractivity contribution in [2.75, 3.05) is 19.8 Å². The molecule has 1 fully saturated rings. The molecule has 2 amide bonds. The quantitative estimate of drug-likeness (QED) is 0.792. The standard InChI is InChI=1S/C17H20N2O4/c1-11-3-4-14(12(2)18-11)23-15-9-16(20)19(17(15)21)10-13-5-7-22-8-6-13/h3-4,9,13H,5-8,10H2,1-2H3. The molecule has 0 atom stereocenters. The Bertz CT molecular complexity index is 663. The molecule has 6 nitrogen and oxygen atoms in total. The summed E-state index contributed by atoms with van der Waals surface area (Å²) in [5.41, 5.74) is 1.56. The molecule has 1 aromatic rings. The van der Waals surface area contributed by atoms with Gasteiger partial charge < -0.3 is 9.47 Å². The van der Waals surface area contributed by atoms with Crippen molar-refractivity contribution in [3.63, 3.8) is 0 Å². The third kappa shape index (κ3) is 3.42. The van der Waals surface area contributed by atoms with Gasteiger partial charge in [0.2, 0.25) is 0 Å². The van der Waals surface area contributed by atoms with Gasteiger partial charge >= 0.3 is 0 Å². The Kier molecular flexibility index (Phi) is 4.43. The molecule has 0 aromatic carbocycles. The van der Waals surface area contributed by atoms with Crippen LogP contribution in [0.3, 0.4) is 0 Å². The topological polar surface area (TPSA) is 68.7 Å². The summed E-state index contributed by atoms with van der Waals surface area (Å²) >= 11 is 0. The van der Waals surface area contributed by atoms with Crippen LogP contribution in [-0.2, 0) is 14.3 Å². The predicted octanol–water partition coefficient (Wildman–Crippen LogP) is 1.76. The molecular formula is C17H20N2O4. The molecule has 0 aliphatic carbocycles. The molecular weight excluding hydrogens is 296 g/mol. The van der Waals surface area contributed by atoms with Gasteiger partial charge in [0, 0.05) is 25.5 Å². The summed E-state index contributed by atoms with van der Waals surface area (Å²) in [7, 11) is 0. The number of amides is 2. The first-order chi connectivity index (χ1) is 11.0. The Morgan fingerprint density at radius 1 is 1.26 bits per heavy atom. The lowest BCUT2D eigenvalue weighted by atomic mass is 10.00. The highest BCUT2D eigenvalue weighted by molar-refractivity contribution is 6.15. The first-order valence-electron chi connectivity index (χ1n) is 7.82. The van der Waals surface area contributed by atoms with E-state index in [1.807, 2.05) is 19.9 Å². The van der Waals surface area contributed by atoms with Crippen molar-refractivity contribution in [2.45, 2.75) is 26.7 Å². The third-order valence-electron chi connectivity index (χ3n) is 4.15. The molecule has 3 rings (SSSR count). The Balaban J connectivity index is 1.68. The average Bonchev–Trinajstić information content (AvgIpc) is 2.79. The summed E-state index contributed by atoms with van der Waals surface area (Å²) in [6.07, 6.45) is 3.00. The number of hydrogen-bond acceptors (Lipinski definition) is 5. The monoisotopic (exact) mass is 316 g/mol. The Hall–Kier alpha value is -2.21. The van der Waals surface area contributed by atoms with Crippen LogP contribution in [0.1, 0.15) is 24.2 Å². The van der Waals surface area contributed by atoms with Crippen LogP contribution in [0.2, 0.25) is 0 Å². The zero-order valence-electron chi connectivity index (χ0n) is 13.4. The van der Waals surface area contributed by atoms with Gasteiger partial charge in [0.25, 0.3) is 11.8 Å². The van der Waals surface area contributed by atoms with Gasteiger partial charge in [0.1, 0.15) is 5.75 Å². The lowest BCUT2D eigenvalue weighted by Gasteiger charge is -2.25. The summed E-state index contributed by atoms with van der Waals surface area (Å²) in [6, 6.07) is 3.57. The molecule has 0 unspecified atom stereocenters. The highest BCUT2D eigenvalue weighted by Gasteiger charge is 2.35. The molecule has 0 radical (unpaired) electrons. The fraction of sp³-hybridized carbons (Fsp3) is 0.471. The van der Waals surface area contributed by atoms with Crippen LogP contribution in [0, 0.1) is 19.8 Å². The molecule has 6 heteroatoms. The lowest BCUT2D eigenvalue weighted by Crippen LogP contribution is -2.37. The molecule has 0 N–H and O–H groups in total. The van der Waals surface area contributed by atoms with Gasteiger partial charge in [0.05, 0.1) is 11.8 Å². The number of carbonyl (C=O) groups is 2. The van der Waals surface area contributed by atoms with Crippen molar-refractivity contribution in [1.29, 1.82) is 0 Å². The minimum atomic E-state index is -0.374. The smallest absolute Gasteiger partial charge is 0.296 e. The first-order valence-corrected chi connectivity index (χ1v) is 7.82. The second-order valence-corrected chi connectivity index (χ2v) is 5.96. The van der Waals surface area contributed by atoms with Crippen molar-refractivity contribution < 1.29 is 19.1 Å². The molecule has 23 heavy (non-hydrogen) atoms. The third-order valence-corrected chi connectivity index (χ3v) is 4.15. The summed E-state index contributed by atoms with van der Waals surface area (Å²) < 4.78 is 10.9. The number of imide groups is 1. The number of hydrogen-bond donors (Lipinski definition) is 0. The Labute approximate surface area is 135 Å². The molecule has 2 aliphatic heterocycles. The van der Waals surface area contributed by atoms with E-state index in [4.69, 9.17) is 9.47 Å². The van der Waals surface area contributed by atoms with Crippen LogP contribution in [0.5, 0.6) is 5.75 Å². The van der Waals surface area contributed by atoms with Gasteiger partial charge in [-0.15, -0.1) is 0 Å². The van der Waals surface area contributed by atoms with Gasteiger partial charge in [-0.05, 0) is 44.7 Å². The highest BCUT2D eigenvalue weighted by atomic mass is 16.5. The molecule has 0 bridgehead atoms. The van der Waals surface area contributed by atoms with Gasteiger partial charge in [-0.3, -0.25) is 19.5 Å². The van der Waals surface area contributed by atoms with Crippen LogP contribution in [0.15, 0.2) is 24.0 Å². The van der Waals surface area contributed by atoms with E-state index >= 15 is 0 Å². The van der Waals surface area contributed by atoms with E-state index in [1.54, 1.807) is 6.07 Å². The summed E-state index contributed by atoms with van der Waals surface area (Å²) in [5, 5.41) is 0. The summed E-state index contributed by atoms with van der Waals surface area (Å²) in [4.78, 5) is 30.1. The zero-order chi connectivity index (χ0) is 16.4. The summed E-state index contributed by atoms with van der Waals surface area (Å²) in [5.74, 6) is 0.176. The fourth-order valence-corrected chi connectivity index (χ4v) is 2.82. The number of ether oxygens (including phenoxy) is 2. The number of aromatic nitrogens is 1. The normalized spacial score (nSPS) is 19.2. The molecule has 1 saturated heterocycles. The number of rotatable bonds is 4. The Morgan fingerprint density at radius 3 is 2.70 bits per heavy atom. The molecule has 1 aromatic heterocycles. The minimum absolute atomic E-state index is 0.0656. The van der Waals surface area contributed by atoms with E-state index in [1.165, 1.54) is 11.0 Å². The van der Waals surface area contributed by atoms with Gasteiger partial charge in [0.15, 0.2) is 5.76 Å². The predicted molar refractivity (Wildman–Crippen MR) is 82.7 cm³/mol. The van der Waals surface area contributed by atoms with Crippen molar-refractivity contribution in [3.8, 4) is 5.75 Å². The van der Waals surface area contributed by atoms with Gasteiger partial charge in [-0.2, -0.15) is 0 Å². The maximum atomic E-state index is 12.4. The van der Waals surface area contributed by atoms with Gasteiger partial charge in [-0.1, -0.05) is 0 Å². The second-order valence-electron chi connectivity index (χ2n) is 5.96. The van der Waals surface area contributed by atoms with E-state index in [-0.39, 0.29) is 17.6 Å². The minimum Gasteiger partial charge on any atom is -0.449 e. The molecule has 0 saturated carbocycles.